The van der Waals surface area contributed by atoms with E-state index in [4.69, 9.17) is 0 Å². The number of hydrogen-bond donors (Lipinski definition) is 0. The maximum absolute atomic E-state index is 12.0. The lowest BCUT2D eigenvalue weighted by molar-refractivity contribution is -0.157. The molecule has 1 saturated carbocycles. The van der Waals surface area contributed by atoms with Gasteiger partial charge in [-0.05, 0) is 37.5 Å². The van der Waals surface area contributed by atoms with Crippen molar-refractivity contribution in [1.82, 2.24) is 4.90 Å². The van der Waals surface area contributed by atoms with Crippen LogP contribution in [0.3, 0.4) is 0 Å². The number of amides is 1. The Kier molecular flexibility index (Phi) is 2.38. The molecule has 86 valence electrons. The zero-order valence-electron chi connectivity index (χ0n) is 9.64. The Morgan fingerprint density at radius 2 is 2.19 bits per heavy atom. The maximum atomic E-state index is 12.0. The minimum Gasteiger partial charge on any atom is -0.338 e. The monoisotopic (exact) mass is 217 g/mol. The first-order valence-electron chi connectivity index (χ1n) is 6.42. The topological polar surface area (TPSA) is 20.3 Å². The van der Waals surface area contributed by atoms with Crippen LogP contribution in [0.2, 0.25) is 0 Å². The van der Waals surface area contributed by atoms with E-state index >= 15 is 0 Å². The average molecular weight is 217 g/mol. The molecule has 16 heavy (non-hydrogen) atoms. The van der Waals surface area contributed by atoms with E-state index in [2.05, 4.69) is 23.6 Å². The molecule has 0 aromatic rings. The quantitative estimate of drug-likeness (QED) is 0.393. The van der Waals surface area contributed by atoms with Crippen LogP contribution in [0.4, 0.5) is 0 Å². The standard InChI is InChI=1S/C14H19NO/c1-2-3-4-5-8-15-13-11-7-6-10(9-11)12(13)14(15)16/h2,6-7,10-13H,1,3-5,8-9H2/t10-,11+,12+,13-/m0/s1. The molecule has 0 radical (unpaired) electrons. The summed E-state index contributed by atoms with van der Waals surface area (Å²) in [7, 11) is 0. The van der Waals surface area contributed by atoms with Gasteiger partial charge in [0.05, 0.1) is 12.0 Å². The van der Waals surface area contributed by atoms with Crippen molar-refractivity contribution in [3.8, 4) is 0 Å². The van der Waals surface area contributed by atoms with Crippen molar-refractivity contribution < 1.29 is 4.79 Å². The highest BCUT2D eigenvalue weighted by molar-refractivity contribution is 5.88. The summed E-state index contributed by atoms with van der Waals surface area (Å²) in [6.45, 7) is 4.68. The van der Waals surface area contributed by atoms with Crippen molar-refractivity contribution in [2.45, 2.75) is 31.7 Å². The smallest absolute Gasteiger partial charge is 0.228 e. The summed E-state index contributed by atoms with van der Waals surface area (Å²) in [6, 6.07) is 0.561. The van der Waals surface area contributed by atoms with Crippen LogP contribution >= 0.6 is 0 Å². The van der Waals surface area contributed by atoms with Crippen molar-refractivity contribution in [1.29, 1.82) is 0 Å². The van der Waals surface area contributed by atoms with Crippen molar-refractivity contribution in [2.75, 3.05) is 6.54 Å². The molecule has 2 fully saturated rings. The molecule has 2 aliphatic carbocycles. The Morgan fingerprint density at radius 3 is 3.00 bits per heavy atom. The van der Waals surface area contributed by atoms with Gasteiger partial charge in [-0.25, -0.2) is 0 Å². The van der Waals surface area contributed by atoms with Gasteiger partial charge in [-0.1, -0.05) is 18.2 Å². The van der Waals surface area contributed by atoms with E-state index < -0.39 is 0 Å². The van der Waals surface area contributed by atoms with Gasteiger partial charge in [-0.3, -0.25) is 4.79 Å². The van der Waals surface area contributed by atoms with Gasteiger partial charge in [-0.2, -0.15) is 0 Å². The van der Waals surface area contributed by atoms with Gasteiger partial charge in [0.25, 0.3) is 0 Å². The first-order valence-corrected chi connectivity index (χ1v) is 6.42. The van der Waals surface area contributed by atoms with E-state index in [0.29, 0.717) is 29.7 Å². The van der Waals surface area contributed by atoms with E-state index in [1.165, 1.54) is 6.42 Å². The Balaban J connectivity index is 1.56. The predicted octanol–water partition coefficient (Wildman–Crippen LogP) is 2.38. The number of unbranched alkanes of at least 4 members (excludes halogenated alkanes) is 2. The molecule has 3 rings (SSSR count). The van der Waals surface area contributed by atoms with Gasteiger partial charge in [0.2, 0.25) is 5.91 Å². The van der Waals surface area contributed by atoms with Crippen LogP contribution in [-0.4, -0.2) is 23.4 Å². The average Bonchev–Trinajstić information content (AvgIpc) is 2.85. The molecular weight excluding hydrogens is 198 g/mol. The van der Waals surface area contributed by atoms with Crippen molar-refractivity contribution in [3.63, 3.8) is 0 Å². The Morgan fingerprint density at radius 1 is 1.38 bits per heavy atom. The van der Waals surface area contributed by atoms with Crippen molar-refractivity contribution >= 4 is 5.91 Å². The Bertz CT molecular complexity index is 347. The highest BCUT2D eigenvalue weighted by atomic mass is 16.2. The van der Waals surface area contributed by atoms with Crippen LogP contribution < -0.4 is 0 Å². The van der Waals surface area contributed by atoms with Gasteiger partial charge in [0.15, 0.2) is 0 Å². The van der Waals surface area contributed by atoms with Gasteiger partial charge in [-0.15, -0.1) is 6.58 Å². The maximum Gasteiger partial charge on any atom is 0.228 e. The summed E-state index contributed by atoms with van der Waals surface area (Å²) in [5, 5.41) is 0. The fraction of sp³-hybridized carbons (Fsp3) is 0.643. The number of carbonyl (C=O) groups excluding carboxylic acids is 1. The molecule has 1 heterocycles. The summed E-state index contributed by atoms with van der Waals surface area (Å²) in [5.41, 5.74) is 0. The molecule has 0 aromatic heterocycles. The van der Waals surface area contributed by atoms with Crippen molar-refractivity contribution in [3.05, 3.63) is 24.8 Å². The first kappa shape index (κ1) is 10.1. The van der Waals surface area contributed by atoms with Gasteiger partial charge >= 0.3 is 0 Å². The van der Waals surface area contributed by atoms with Crippen LogP contribution in [0.25, 0.3) is 0 Å². The van der Waals surface area contributed by atoms with Crippen LogP contribution in [0.15, 0.2) is 24.8 Å². The summed E-state index contributed by atoms with van der Waals surface area (Å²) in [5.74, 6) is 2.02. The lowest BCUT2D eigenvalue weighted by Crippen LogP contribution is -2.62. The predicted molar refractivity (Wildman–Crippen MR) is 63.8 cm³/mol. The number of fused-ring (bicyclic) bond motifs is 5. The SMILES string of the molecule is C=CCCCCN1C(=O)[C@H]2[C@@H]1[C@@H]1C=C[C@H]2C1. The molecular formula is C14H19NO. The number of rotatable bonds is 5. The third kappa shape index (κ3) is 1.28. The minimum absolute atomic E-state index is 0.356. The molecule has 2 nitrogen and oxygen atoms in total. The molecule has 1 aliphatic heterocycles. The molecule has 0 N–H and O–H groups in total. The summed E-state index contributed by atoms with van der Waals surface area (Å²) < 4.78 is 0. The van der Waals surface area contributed by atoms with E-state index in [1.54, 1.807) is 0 Å². The second-order valence-electron chi connectivity index (χ2n) is 5.28. The van der Waals surface area contributed by atoms with E-state index in [0.717, 1.165) is 25.8 Å². The highest BCUT2D eigenvalue weighted by Crippen LogP contribution is 2.52. The molecule has 1 amide bonds. The third-order valence-electron chi connectivity index (χ3n) is 4.40. The molecule has 3 aliphatic rings. The van der Waals surface area contributed by atoms with Crippen LogP contribution in [-0.2, 0) is 4.79 Å². The molecule has 1 saturated heterocycles. The largest absolute Gasteiger partial charge is 0.338 e. The molecule has 2 heteroatoms. The molecule has 4 atom stereocenters. The summed E-state index contributed by atoms with van der Waals surface area (Å²) in [4.78, 5) is 14.1. The number of nitrogens with zero attached hydrogens (tertiary/aromatic N) is 1. The molecule has 2 bridgehead atoms. The fourth-order valence-corrected chi connectivity index (χ4v) is 3.64. The van der Waals surface area contributed by atoms with Gasteiger partial charge < -0.3 is 4.90 Å². The van der Waals surface area contributed by atoms with E-state index in [-0.39, 0.29) is 0 Å². The number of likely N-dealkylation sites (tertiary alicyclic amines) is 1. The summed E-state index contributed by atoms with van der Waals surface area (Å²) in [6.07, 6.45) is 11.1. The number of carbonyl (C=O) groups is 1. The number of allylic oxidation sites excluding steroid dienone is 2. The molecule has 0 aromatic carbocycles. The normalized spacial score (nSPS) is 38.8. The van der Waals surface area contributed by atoms with Crippen LogP contribution in [0.5, 0.6) is 0 Å². The van der Waals surface area contributed by atoms with Crippen molar-refractivity contribution in [2.24, 2.45) is 17.8 Å². The zero-order valence-corrected chi connectivity index (χ0v) is 9.64. The lowest BCUT2D eigenvalue weighted by Gasteiger charge is -2.48. The second-order valence-corrected chi connectivity index (χ2v) is 5.28. The van der Waals surface area contributed by atoms with Crippen LogP contribution in [0, 0.1) is 17.8 Å². The lowest BCUT2D eigenvalue weighted by atomic mass is 9.79. The zero-order chi connectivity index (χ0) is 11.1. The molecule has 0 spiro atoms. The Hall–Kier alpha value is -1.05. The number of hydrogen-bond acceptors (Lipinski definition) is 1. The first-order chi connectivity index (χ1) is 7.83. The number of β-lactam (4-membered cyclic amide) rings is 1. The second kappa shape index (κ2) is 3.76. The highest BCUT2D eigenvalue weighted by Gasteiger charge is 2.59. The van der Waals surface area contributed by atoms with Gasteiger partial charge in [0.1, 0.15) is 0 Å². The molecule has 0 unspecified atom stereocenters. The van der Waals surface area contributed by atoms with Gasteiger partial charge in [0, 0.05) is 6.54 Å². The summed E-state index contributed by atoms with van der Waals surface area (Å²) >= 11 is 0. The van der Waals surface area contributed by atoms with E-state index in [9.17, 15) is 4.79 Å². The van der Waals surface area contributed by atoms with Crippen LogP contribution in [0.1, 0.15) is 25.7 Å². The van der Waals surface area contributed by atoms with E-state index in [1.807, 2.05) is 6.08 Å². The third-order valence-corrected chi connectivity index (χ3v) is 4.40. The fourth-order valence-electron chi connectivity index (χ4n) is 3.64. The Labute approximate surface area is 97.0 Å². The minimum atomic E-state index is 0.356.